The molecule has 0 aromatic rings. The van der Waals surface area contributed by atoms with Crippen molar-refractivity contribution < 1.29 is 24.2 Å². The molecule has 0 aromatic carbocycles. The number of ether oxygens (including phenoxy) is 2. The minimum Gasteiger partial charge on any atom is -0.462 e. The Balaban J connectivity index is 4.17. The van der Waals surface area contributed by atoms with E-state index in [2.05, 4.69) is 32.6 Å². The fraction of sp³-hybridized carbons (Fsp3) is 0.952. The lowest BCUT2D eigenvalue weighted by molar-refractivity contribution is -0.150. The molecule has 0 bridgehead atoms. The molecule has 0 saturated heterocycles. The van der Waals surface area contributed by atoms with Gasteiger partial charge in [-0.15, -0.1) is 0 Å². The maximum atomic E-state index is 12.7. The van der Waals surface area contributed by atoms with Crippen molar-refractivity contribution in [1.29, 1.82) is 0 Å². The molecule has 0 spiro atoms. The molecule has 0 rings (SSSR count). The van der Waals surface area contributed by atoms with Crippen molar-refractivity contribution in [3.63, 3.8) is 0 Å². The third kappa shape index (κ3) is 32.1. The van der Waals surface area contributed by atoms with E-state index in [0.717, 1.165) is 83.7 Å². The number of esters is 2. The molecule has 1 N–H and O–H groups in total. The maximum absolute atomic E-state index is 12.7. The smallest absolute Gasteiger partial charge is 0.306 e. The summed E-state index contributed by atoms with van der Waals surface area (Å²) in [6.45, 7) is 11.4. The second kappa shape index (κ2) is 37.1. The quantitative estimate of drug-likeness (QED) is 0.0516. The molecule has 0 heterocycles. The van der Waals surface area contributed by atoms with Gasteiger partial charge in [0, 0.05) is 19.4 Å². The van der Waals surface area contributed by atoms with E-state index >= 15 is 0 Å². The van der Waals surface area contributed by atoms with Gasteiger partial charge in [-0.25, -0.2) is 0 Å². The number of unbranched alkanes of at least 4 members (excludes halogenated alkanes) is 19. The highest BCUT2D eigenvalue weighted by Gasteiger charge is 2.15. The van der Waals surface area contributed by atoms with Crippen molar-refractivity contribution in [2.24, 2.45) is 0 Å². The van der Waals surface area contributed by atoms with E-state index in [-0.39, 0.29) is 30.8 Å². The van der Waals surface area contributed by atoms with Gasteiger partial charge < -0.3 is 19.5 Å². The van der Waals surface area contributed by atoms with E-state index in [1.165, 1.54) is 109 Å². The van der Waals surface area contributed by atoms with Gasteiger partial charge in [0.15, 0.2) is 0 Å². The van der Waals surface area contributed by atoms with Crippen LogP contribution in [0.25, 0.3) is 0 Å². The summed E-state index contributed by atoms with van der Waals surface area (Å²) in [6.07, 6.45) is 34.0. The van der Waals surface area contributed by atoms with Crippen LogP contribution in [-0.2, 0) is 19.1 Å². The Morgan fingerprint density at radius 1 is 0.458 bits per heavy atom. The first kappa shape index (κ1) is 46.9. The van der Waals surface area contributed by atoms with Gasteiger partial charge in [-0.05, 0) is 77.3 Å². The number of aliphatic hydroxyl groups excluding tert-OH is 1. The number of hydrogen-bond acceptors (Lipinski definition) is 6. The van der Waals surface area contributed by atoms with Crippen molar-refractivity contribution >= 4 is 11.9 Å². The predicted molar refractivity (Wildman–Crippen MR) is 204 cm³/mol. The van der Waals surface area contributed by atoms with Crippen LogP contribution in [0.15, 0.2) is 0 Å². The number of rotatable bonds is 38. The normalized spacial score (nSPS) is 12.2. The Kier molecular flexibility index (Phi) is 36.2. The zero-order chi connectivity index (χ0) is 35.3. The van der Waals surface area contributed by atoms with Crippen LogP contribution in [0.1, 0.15) is 220 Å². The molecule has 0 radical (unpaired) electrons. The molecule has 0 aliphatic carbocycles. The molecule has 0 aliphatic heterocycles. The summed E-state index contributed by atoms with van der Waals surface area (Å²) < 4.78 is 11.8. The molecule has 48 heavy (non-hydrogen) atoms. The van der Waals surface area contributed by atoms with Gasteiger partial charge in [0.05, 0.1) is 6.61 Å². The summed E-state index contributed by atoms with van der Waals surface area (Å²) >= 11 is 0. The van der Waals surface area contributed by atoms with Gasteiger partial charge in [-0.1, -0.05) is 143 Å². The highest BCUT2D eigenvalue weighted by molar-refractivity contribution is 5.69. The first-order chi connectivity index (χ1) is 23.5. The van der Waals surface area contributed by atoms with E-state index in [0.29, 0.717) is 19.4 Å². The molecule has 286 valence electrons. The number of nitrogens with zero attached hydrogens (tertiary/aromatic N) is 1. The fourth-order valence-electron chi connectivity index (χ4n) is 6.61. The predicted octanol–water partition coefficient (Wildman–Crippen LogP) is 11.9. The van der Waals surface area contributed by atoms with Crippen LogP contribution in [0.2, 0.25) is 0 Å². The first-order valence-corrected chi connectivity index (χ1v) is 21.2. The lowest BCUT2D eigenvalue weighted by Crippen LogP contribution is -2.29. The summed E-state index contributed by atoms with van der Waals surface area (Å²) in [7, 11) is 0. The van der Waals surface area contributed by atoms with Gasteiger partial charge in [0.1, 0.15) is 12.2 Å². The summed E-state index contributed by atoms with van der Waals surface area (Å²) in [5.74, 6) is -0.0799. The molecule has 0 unspecified atom stereocenters. The zero-order valence-electron chi connectivity index (χ0n) is 32.7. The highest BCUT2D eigenvalue weighted by atomic mass is 16.5. The summed E-state index contributed by atoms with van der Waals surface area (Å²) in [5, 5.41) is 9.54. The molecule has 0 aromatic heterocycles. The molecule has 0 fully saturated rings. The first-order valence-electron chi connectivity index (χ1n) is 21.2. The Labute approximate surface area is 299 Å². The van der Waals surface area contributed by atoms with Crippen LogP contribution >= 0.6 is 0 Å². The molecule has 1 atom stereocenters. The Hall–Kier alpha value is -1.14. The van der Waals surface area contributed by atoms with Crippen molar-refractivity contribution in [2.75, 3.05) is 26.2 Å². The van der Waals surface area contributed by atoms with Gasteiger partial charge in [-0.2, -0.15) is 0 Å². The van der Waals surface area contributed by atoms with Crippen LogP contribution in [0, 0.1) is 0 Å². The van der Waals surface area contributed by atoms with Crippen molar-refractivity contribution in [3.05, 3.63) is 0 Å². The Bertz CT molecular complexity index is 671. The van der Waals surface area contributed by atoms with Crippen LogP contribution in [0.5, 0.6) is 0 Å². The Morgan fingerprint density at radius 2 is 0.833 bits per heavy atom. The monoisotopic (exact) mass is 682 g/mol. The van der Waals surface area contributed by atoms with Crippen LogP contribution in [-0.4, -0.2) is 60.4 Å². The minimum absolute atomic E-state index is 0.00252. The molecular weight excluding hydrogens is 598 g/mol. The lowest BCUT2D eigenvalue weighted by Gasteiger charge is -2.21. The molecule has 6 heteroatoms. The minimum atomic E-state index is -0.0774. The topological polar surface area (TPSA) is 76.1 Å². The molecule has 0 saturated carbocycles. The van der Waals surface area contributed by atoms with Crippen molar-refractivity contribution in [1.82, 2.24) is 4.90 Å². The molecular formula is C42H83NO5. The van der Waals surface area contributed by atoms with E-state index in [1.807, 2.05) is 0 Å². The summed E-state index contributed by atoms with van der Waals surface area (Å²) in [6, 6.07) is 0. The lowest BCUT2D eigenvalue weighted by atomic mass is 10.0. The van der Waals surface area contributed by atoms with Crippen LogP contribution in [0.4, 0.5) is 0 Å². The standard InChI is InChI=1S/C42H83NO5/c1-5-9-12-15-19-24-30-39(8-4)47-42(46)34-29-36-43(37-38-44)35-28-23-18-22-27-33-41(45)48-40(31-25-20-16-13-10-6-2)32-26-21-17-14-11-7-3/h39-40,44H,5-38H2,1-4H3/t39-/m1/s1. The fourth-order valence-corrected chi connectivity index (χ4v) is 6.61. The summed E-state index contributed by atoms with van der Waals surface area (Å²) in [4.78, 5) is 27.4. The van der Waals surface area contributed by atoms with Crippen molar-refractivity contribution in [3.8, 4) is 0 Å². The third-order valence-electron chi connectivity index (χ3n) is 9.82. The number of carbonyl (C=O) groups is 2. The largest absolute Gasteiger partial charge is 0.462 e. The second-order valence-electron chi connectivity index (χ2n) is 14.5. The maximum Gasteiger partial charge on any atom is 0.306 e. The van der Waals surface area contributed by atoms with Crippen LogP contribution in [0.3, 0.4) is 0 Å². The van der Waals surface area contributed by atoms with Gasteiger partial charge in [0.2, 0.25) is 0 Å². The SMILES string of the molecule is CCCCCCCCC(CCCCCCCC)OC(=O)CCCCCCCN(CCO)CCCC(=O)O[C@H](CC)CCCCCCCC. The van der Waals surface area contributed by atoms with E-state index in [4.69, 9.17) is 9.47 Å². The molecule has 6 nitrogen and oxygen atoms in total. The summed E-state index contributed by atoms with van der Waals surface area (Å²) in [5.41, 5.74) is 0. The van der Waals surface area contributed by atoms with Gasteiger partial charge in [-0.3, -0.25) is 9.59 Å². The van der Waals surface area contributed by atoms with E-state index < -0.39 is 0 Å². The highest BCUT2D eigenvalue weighted by Crippen LogP contribution is 2.19. The second-order valence-corrected chi connectivity index (χ2v) is 14.5. The van der Waals surface area contributed by atoms with Gasteiger partial charge in [0.25, 0.3) is 0 Å². The molecule has 0 aliphatic rings. The number of aliphatic hydroxyl groups is 1. The van der Waals surface area contributed by atoms with Crippen LogP contribution < -0.4 is 0 Å². The molecule has 0 amide bonds. The number of carbonyl (C=O) groups excluding carboxylic acids is 2. The zero-order valence-corrected chi connectivity index (χ0v) is 32.7. The van der Waals surface area contributed by atoms with E-state index in [9.17, 15) is 14.7 Å². The average molecular weight is 682 g/mol. The van der Waals surface area contributed by atoms with Crippen molar-refractivity contribution in [2.45, 2.75) is 233 Å². The average Bonchev–Trinajstić information content (AvgIpc) is 3.08. The van der Waals surface area contributed by atoms with Gasteiger partial charge >= 0.3 is 11.9 Å². The number of hydrogen-bond donors (Lipinski definition) is 1. The van der Waals surface area contributed by atoms with E-state index in [1.54, 1.807) is 0 Å². The third-order valence-corrected chi connectivity index (χ3v) is 9.82. The Morgan fingerprint density at radius 3 is 1.31 bits per heavy atom.